The minimum absolute atomic E-state index is 0.0340. The quantitative estimate of drug-likeness (QED) is 0.520. The highest BCUT2D eigenvalue weighted by molar-refractivity contribution is 5.85. The lowest BCUT2D eigenvalue weighted by molar-refractivity contribution is 0.573. The van der Waals surface area contributed by atoms with Gasteiger partial charge in [0.05, 0.1) is 10.9 Å². The van der Waals surface area contributed by atoms with Gasteiger partial charge in [-0.25, -0.2) is 4.98 Å². The zero-order valence-corrected chi connectivity index (χ0v) is 16.8. The third-order valence-corrected chi connectivity index (χ3v) is 5.62. The molecule has 4 aromatic rings. The van der Waals surface area contributed by atoms with Gasteiger partial charge in [0.2, 0.25) is 0 Å². The number of benzene rings is 2. The van der Waals surface area contributed by atoms with Crippen molar-refractivity contribution in [3.8, 4) is 5.69 Å². The van der Waals surface area contributed by atoms with Gasteiger partial charge < -0.3 is 10.2 Å². The number of aromatic nitrogens is 2. The van der Waals surface area contributed by atoms with Gasteiger partial charge in [-0.1, -0.05) is 36.4 Å². The van der Waals surface area contributed by atoms with E-state index in [2.05, 4.69) is 38.0 Å². The Hall–Kier alpha value is -3.60. The summed E-state index contributed by atoms with van der Waals surface area (Å²) in [5, 5.41) is 4.06. The molecule has 1 aliphatic rings. The molecule has 0 saturated carbocycles. The molecule has 0 amide bonds. The molecule has 30 heavy (non-hydrogen) atoms. The lowest BCUT2D eigenvalue weighted by atomic mass is 10.1. The van der Waals surface area contributed by atoms with Gasteiger partial charge in [0, 0.05) is 42.8 Å². The molecule has 5 nitrogen and oxygen atoms in total. The smallest absolute Gasteiger partial charge is 0.193 e. The number of para-hydroxylation sites is 2. The van der Waals surface area contributed by atoms with Crippen molar-refractivity contribution in [3.63, 3.8) is 0 Å². The van der Waals surface area contributed by atoms with Crippen LogP contribution in [0.25, 0.3) is 16.6 Å². The van der Waals surface area contributed by atoms with Crippen LogP contribution in [0.2, 0.25) is 0 Å². The van der Waals surface area contributed by atoms with Gasteiger partial charge in [-0.3, -0.25) is 9.36 Å². The first-order chi connectivity index (χ1) is 14.8. The van der Waals surface area contributed by atoms with Gasteiger partial charge in [-0.2, -0.15) is 0 Å². The molecule has 2 aromatic carbocycles. The number of anilines is 3. The third kappa shape index (κ3) is 3.54. The van der Waals surface area contributed by atoms with E-state index in [4.69, 9.17) is 0 Å². The second-order valence-electron chi connectivity index (χ2n) is 7.66. The second-order valence-corrected chi connectivity index (χ2v) is 7.66. The van der Waals surface area contributed by atoms with Crippen LogP contribution < -0.4 is 15.6 Å². The minimum Gasteiger partial charge on any atom is -0.357 e. The third-order valence-electron chi connectivity index (χ3n) is 5.62. The van der Waals surface area contributed by atoms with Crippen molar-refractivity contribution in [2.75, 3.05) is 23.3 Å². The van der Waals surface area contributed by atoms with Crippen molar-refractivity contribution < 1.29 is 0 Å². The number of fused-ring (bicyclic) bond motifs is 1. The molecule has 5 heteroatoms. The highest BCUT2D eigenvalue weighted by Gasteiger charge is 2.16. The standard InChI is InChI=1S/C25H24N4O/c30-23-17-25(27-19-10-4-1-5-11-19)29(20-12-6-2-7-13-20)22-16-24(26-18-21(22)23)28-14-8-3-9-15-28/h1-2,4-7,10-13,16-18,27H,3,8-9,14-15H2. The molecule has 0 atom stereocenters. The van der Waals surface area contributed by atoms with Crippen LogP contribution in [-0.2, 0) is 0 Å². The SMILES string of the molecule is O=c1cc(Nc2ccccc2)n(-c2ccccc2)c2cc(N3CCCCC3)ncc12. The van der Waals surface area contributed by atoms with Crippen molar-refractivity contribution in [1.82, 2.24) is 9.55 Å². The van der Waals surface area contributed by atoms with Crippen molar-refractivity contribution in [2.24, 2.45) is 0 Å². The average Bonchev–Trinajstić information content (AvgIpc) is 2.81. The number of hydrogen-bond acceptors (Lipinski definition) is 4. The van der Waals surface area contributed by atoms with Crippen LogP contribution in [0.1, 0.15) is 19.3 Å². The molecule has 0 aliphatic carbocycles. The Morgan fingerprint density at radius 2 is 1.53 bits per heavy atom. The average molecular weight is 396 g/mol. The predicted octanol–water partition coefficient (Wildman–Crippen LogP) is 5.12. The number of hydrogen-bond donors (Lipinski definition) is 1. The summed E-state index contributed by atoms with van der Waals surface area (Å²) in [6.45, 7) is 2.02. The number of piperidine rings is 1. The highest BCUT2D eigenvalue weighted by Crippen LogP contribution is 2.27. The molecule has 1 fully saturated rings. The first-order valence-corrected chi connectivity index (χ1v) is 10.5. The second kappa shape index (κ2) is 8.03. The summed E-state index contributed by atoms with van der Waals surface area (Å²) >= 11 is 0. The van der Waals surface area contributed by atoms with Crippen molar-refractivity contribution in [3.05, 3.63) is 89.2 Å². The van der Waals surface area contributed by atoms with E-state index in [1.165, 1.54) is 19.3 Å². The monoisotopic (exact) mass is 396 g/mol. The van der Waals surface area contributed by atoms with E-state index < -0.39 is 0 Å². The van der Waals surface area contributed by atoms with Crippen molar-refractivity contribution in [2.45, 2.75) is 19.3 Å². The summed E-state index contributed by atoms with van der Waals surface area (Å²) in [6.07, 6.45) is 5.36. The Morgan fingerprint density at radius 1 is 0.833 bits per heavy atom. The van der Waals surface area contributed by atoms with E-state index in [-0.39, 0.29) is 5.43 Å². The van der Waals surface area contributed by atoms with Crippen LogP contribution in [0.5, 0.6) is 0 Å². The van der Waals surface area contributed by atoms with E-state index in [1.54, 1.807) is 12.3 Å². The Balaban J connectivity index is 1.73. The maximum atomic E-state index is 13.0. The highest BCUT2D eigenvalue weighted by atomic mass is 16.1. The Morgan fingerprint density at radius 3 is 2.27 bits per heavy atom. The maximum Gasteiger partial charge on any atom is 0.193 e. The van der Waals surface area contributed by atoms with Crippen LogP contribution in [0.4, 0.5) is 17.3 Å². The largest absolute Gasteiger partial charge is 0.357 e. The molecule has 1 N–H and O–H groups in total. The lowest BCUT2D eigenvalue weighted by Crippen LogP contribution is -2.30. The lowest BCUT2D eigenvalue weighted by Gasteiger charge is -2.28. The number of pyridine rings is 2. The zero-order valence-electron chi connectivity index (χ0n) is 16.8. The zero-order chi connectivity index (χ0) is 20.3. The number of nitrogens with one attached hydrogen (secondary N) is 1. The number of nitrogens with zero attached hydrogens (tertiary/aromatic N) is 3. The van der Waals surface area contributed by atoms with E-state index in [9.17, 15) is 4.79 Å². The van der Waals surface area contributed by atoms with Crippen LogP contribution in [0.15, 0.2) is 83.8 Å². The fourth-order valence-corrected chi connectivity index (χ4v) is 4.12. The molecule has 0 spiro atoms. The topological polar surface area (TPSA) is 50.2 Å². The Bertz CT molecular complexity index is 1210. The van der Waals surface area contributed by atoms with Crippen LogP contribution >= 0.6 is 0 Å². The summed E-state index contributed by atoms with van der Waals surface area (Å²) in [6, 6.07) is 23.8. The summed E-state index contributed by atoms with van der Waals surface area (Å²) < 4.78 is 2.11. The molecule has 3 heterocycles. The molecule has 5 rings (SSSR count). The van der Waals surface area contributed by atoms with E-state index in [0.717, 1.165) is 41.6 Å². The van der Waals surface area contributed by atoms with E-state index in [1.807, 2.05) is 48.5 Å². The molecular formula is C25H24N4O. The molecule has 0 radical (unpaired) electrons. The number of rotatable bonds is 4. The van der Waals surface area contributed by atoms with Gasteiger partial charge >= 0.3 is 0 Å². The van der Waals surface area contributed by atoms with Gasteiger partial charge in [-0.15, -0.1) is 0 Å². The van der Waals surface area contributed by atoms with Crippen LogP contribution in [-0.4, -0.2) is 22.6 Å². The molecule has 0 unspecified atom stereocenters. The molecule has 150 valence electrons. The normalized spacial score (nSPS) is 14.1. The van der Waals surface area contributed by atoms with Gasteiger partial charge in [0.15, 0.2) is 5.43 Å². The first kappa shape index (κ1) is 18.4. The maximum absolute atomic E-state index is 13.0. The molecular weight excluding hydrogens is 372 g/mol. The molecule has 2 aromatic heterocycles. The molecule has 1 saturated heterocycles. The van der Waals surface area contributed by atoms with Gasteiger partial charge in [0.25, 0.3) is 0 Å². The molecule has 1 aliphatic heterocycles. The predicted molar refractivity (Wildman–Crippen MR) is 123 cm³/mol. The Labute approximate surface area is 175 Å². The fraction of sp³-hybridized carbons (Fsp3) is 0.200. The summed E-state index contributed by atoms with van der Waals surface area (Å²) in [5.74, 6) is 1.67. The van der Waals surface area contributed by atoms with E-state index >= 15 is 0 Å². The first-order valence-electron chi connectivity index (χ1n) is 10.5. The van der Waals surface area contributed by atoms with E-state index in [0.29, 0.717) is 5.39 Å². The Kier molecular flexibility index (Phi) is 4.93. The van der Waals surface area contributed by atoms with Gasteiger partial charge in [-0.05, 0) is 43.5 Å². The fourth-order valence-electron chi connectivity index (χ4n) is 4.12. The molecule has 0 bridgehead atoms. The summed E-state index contributed by atoms with van der Waals surface area (Å²) in [4.78, 5) is 19.9. The summed E-state index contributed by atoms with van der Waals surface area (Å²) in [5.41, 5.74) is 2.76. The summed E-state index contributed by atoms with van der Waals surface area (Å²) in [7, 11) is 0. The van der Waals surface area contributed by atoms with Crippen molar-refractivity contribution >= 4 is 28.2 Å². The van der Waals surface area contributed by atoms with Crippen molar-refractivity contribution in [1.29, 1.82) is 0 Å². The van der Waals surface area contributed by atoms with Gasteiger partial charge in [0.1, 0.15) is 11.6 Å². The van der Waals surface area contributed by atoms with Crippen LogP contribution in [0, 0.1) is 0 Å². The van der Waals surface area contributed by atoms with Crippen LogP contribution in [0.3, 0.4) is 0 Å². The minimum atomic E-state index is -0.0340.